The highest BCUT2D eigenvalue weighted by molar-refractivity contribution is 14.0. The van der Waals surface area contributed by atoms with Crippen LogP contribution in [-0.2, 0) is 11.3 Å². The van der Waals surface area contributed by atoms with E-state index in [0.717, 1.165) is 43.0 Å². The first kappa shape index (κ1) is 23.2. The second-order valence-corrected chi connectivity index (χ2v) is 7.29. The Labute approximate surface area is 190 Å². The topological polar surface area (TPSA) is 65.5 Å². The fourth-order valence-corrected chi connectivity index (χ4v) is 3.18. The molecule has 0 saturated heterocycles. The number of amides is 1. The van der Waals surface area contributed by atoms with Crippen molar-refractivity contribution in [3.63, 3.8) is 0 Å². The summed E-state index contributed by atoms with van der Waals surface area (Å²) in [5, 5.41) is 9.78. The van der Waals surface area contributed by atoms with Gasteiger partial charge in [-0.05, 0) is 49.9 Å². The number of halogens is 1. The van der Waals surface area contributed by atoms with Crippen molar-refractivity contribution in [2.75, 3.05) is 11.9 Å². The van der Waals surface area contributed by atoms with E-state index in [4.69, 9.17) is 4.99 Å². The van der Waals surface area contributed by atoms with Crippen LogP contribution in [0.5, 0.6) is 0 Å². The first-order valence-electron chi connectivity index (χ1n) is 10.2. The Kier molecular flexibility index (Phi) is 9.44. The number of nitrogens with zero attached hydrogens (tertiary/aromatic N) is 1. The lowest BCUT2D eigenvalue weighted by Crippen LogP contribution is -2.38. The summed E-state index contributed by atoms with van der Waals surface area (Å²) >= 11 is 0. The first-order valence-corrected chi connectivity index (χ1v) is 10.2. The lowest BCUT2D eigenvalue weighted by atomic mass is 9.85. The average molecular weight is 506 g/mol. The van der Waals surface area contributed by atoms with E-state index in [-0.39, 0.29) is 41.8 Å². The number of carbonyl (C=O) groups excluding carboxylic acids is 1. The third-order valence-corrected chi connectivity index (χ3v) is 5.09. The minimum Gasteiger partial charge on any atom is -0.357 e. The van der Waals surface area contributed by atoms with Crippen LogP contribution < -0.4 is 16.0 Å². The lowest BCUT2D eigenvalue weighted by molar-refractivity contribution is -0.122. The molecule has 1 amide bonds. The van der Waals surface area contributed by atoms with Crippen molar-refractivity contribution in [2.24, 2.45) is 10.9 Å². The number of aliphatic imine (C=N–C) groups is 1. The molecule has 1 atom stereocenters. The summed E-state index contributed by atoms with van der Waals surface area (Å²) in [6.07, 6.45) is 3.18. The molecule has 3 rings (SSSR count). The zero-order valence-electron chi connectivity index (χ0n) is 17.2. The highest BCUT2D eigenvalue weighted by atomic mass is 127. The zero-order chi connectivity index (χ0) is 19.8. The second-order valence-electron chi connectivity index (χ2n) is 7.29. The molecule has 1 aliphatic carbocycles. The number of hydrogen-bond donors (Lipinski definition) is 3. The summed E-state index contributed by atoms with van der Waals surface area (Å²) in [6, 6.07) is 18.4. The molecule has 1 unspecified atom stereocenters. The molecule has 2 aromatic rings. The Morgan fingerprint density at radius 2 is 1.90 bits per heavy atom. The highest BCUT2D eigenvalue weighted by Crippen LogP contribution is 2.27. The van der Waals surface area contributed by atoms with E-state index in [1.54, 1.807) is 0 Å². The molecule has 3 N–H and O–H groups in total. The van der Waals surface area contributed by atoms with Gasteiger partial charge < -0.3 is 16.0 Å². The van der Waals surface area contributed by atoms with Crippen molar-refractivity contribution in [2.45, 2.75) is 45.7 Å². The van der Waals surface area contributed by atoms with Crippen molar-refractivity contribution in [3.8, 4) is 0 Å². The average Bonchev–Trinajstić information content (AvgIpc) is 2.66. The van der Waals surface area contributed by atoms with Crippen molar-refractivity contribution in [1.29, 1.82) is 0 Å². The normalized spacial score (nSPS) is 14.9. The number of rotatable bonds is 7. The van der Waals surface area contributed by atoms with E-state index in [1.165, 1.54) is 5.56 Å². The molecule has 156 valence electrons. The summed E-state index contributed by atoms with van der Waals surface area (Å²) in [4.78, 5) is 16.9. The van der Waals surface area contributed by atoms with Gasteiger partial charge in [0.2, 0.25) is 5.91 Å². The highest BCUT2D eigenvalue weighted by Gasteiger charge is 2.25. The smallest absolute Gasteiger partial charge is 0.227 e. The maximum absolute atomic E-state index is 12.2. The molecule has 0 aromatic heterocycles. The number of anilines is 1. The van der Waals surface area contributed by atoms with Crippen molar-refractivity contribution < 1.29 is 4.79 Å². The van der Waals surface area contributed by atoms with Crippen molar-refractivity contribution >= 4 is 41.5 Å². The third kappa shape index (κ3) is 7.03. The standard InChI is InChI=1S/C23H30N4O.HI/c1-3-24-23(26-17(2)19-10-5-4-6-11-19)25-16-18-9-7-14-21(15-18)27-22(28)20-12-8-13-20;/h4-7,9-11,14-15,17,20H,3,8,12-13,16H2,1-2H3,(H,27,28)(H2,24,25,26);1H. The van der Waals surface area contributed by atoms with Crippen LogP contribution in [-0.4, -0.2) is 18.4 Å². The van der Waals surface area contributed by atoms with Crippen LogP contribution in [0.15, 0.2) is 59.6 Å². The van der Waals surface area contributed by atoms with Gasteiger partial charge in [0.25, 0.3) is 0 Å². The molecule has 29 heavy (non-hydrogen) atoms. The minimum atomic E-state index is 0. The van der Waals surface area contributed by atoms with Crippen molar-refractivity contribution in [3.05, 3.63) is 65.7 Å². The molecule has 0 radical (unpaired) electrons. The van der Waals surface area contributed by atoms with E-state index in [9.17, 15) is 4.79 Å². The van der Waals surface area contributed by atoms with E-state index < -0.39 is 0 Å². The Morgan fingerprint density at radius 1 is 1.14 bits per heavy atom. The fourth-order valence-electron chi connectivity index (χ4n) is 3.18. The zero-order valence-corrected chi connectivity index (χ0v) is 19.5. The molecule has 0 bridgehead atoms. The van der Waals surface area contributed by atoms with Crippen LogP contribution in [0.1, 0.15) is 50.3 Å². The molecular formula is C23H31IN4O. The quantitative estimate of drug-likeness (QED) is 0.286. The largest absolute Gasteiger partial charge is 0.357 e. The van der Waals surface area contributed by atoms with Gasteiger partial charge in [-0.2, -0.15) is 0 Å². The fraction of sp³-hybridized carbons (Fsp3) is 0.391. The molecule has 1 fully saturated rings. The van der Waals surface area contributed by atoms with Gasteiger partial charge in [-0.15, -0.1) is 24.0 Å². The molecule has 1 saturated carbocycles. The maximum Gasteiger partial charge on any atom is 0.227 e. The monoisotopic (exact) mass is 506 g/mol. The Bertz CT molecular complexity index is 806. The lowest BCUT2D eigenvalue weighted by Gasteiger charge is -2.24. The van der Waals surface area contributed by atoms with Crippen molar-refractivity contribution in [1.82, 2.24) is 10.6 Å². The second kappa shape index (κ2) is 11.8. The summed E-state index contributed by atoms with van der Waals surface area (Å²) < 4.78 is 0. The molecule has 2 aromatic carbocycles. The van der Waals surface area contributed by atoms with E-state index in [0.29, 0.717) is 6.54 Å². The predicted octanol–water partition coefficient (Wildman–Crippen LogP) is 4.86. The Hall–Kier alpha value is -2.09. The molecule has 5 nitrogen and oxygen atoms in total. The van der Waals surface area contributed by atoms with Crippen LogP contribution in [0.4, 0.5) is 5.69 Å². The molecule has 0 spiro atoms. The van der Waals surface area contributed by atoms with Gasteiger partial charge in [-0.1, -0.05) is 48.9 Å². The predicted molar refractivity (Wildman–Crippen MR) is 131 cm³/mol. The Morgan fingerprint density at radius 3 is 2.55 bits per heavy atom. The molecule has 1 aliphatic rings. The third-order valence-electron chi connectivity index (χ3n) is 5.09. The Balaban J connectivity index is 0.00000300. The van der Waals surface area contributed by atoms with Gasteiger partial charge in [0.15, 0.2) is 5.96 Å². The van der Waals surface area contributed by atoms with Crippen LogP contribution in [0.25, 0.3) is 0 Å². The molecule has 0 heterocycles. The molecular weight excluding hydrogens is 475 g/mol. The van der Waals surface area contributed by atoms with Crippen LogP contribution in [0.3, 0.4) is 0 Å². The summed E-state index contributed by atoms with van der Waals surface area (Å²) in [5.74, 6) is 1.10. The summed E-state index contributed by atoms with van der Waals surface area (Å²) in [7, 11) is 0. The van der Waals surface area contributed by atoms with Gasteiger partial charge in [0.05, 0.1) is 12.6 Å². The number of nitrogens with one attached hydrogen (secondary N) is 3. The molecule has 6 heteroatoms. The molecule has 0 aliphatic heterocycles. The van der Waals surface area contributed by atoms with Crippen LogP contribution in [0, 0.1) is 5.92 Å². The first-order chi connectivity index (χ1) is 13.7. The van der Waals surface area contributed by atoms with Gasteiger partial charge in [0.1, 0.15) is 0 Å². The van der Waals surface area contributed by atoms with Crippen LogP contribution >= 0.6 is 24.0 Å². The van der Waals surface area contributed by atoms with E-state index >= 15 is 0 Å². The summed E-state index contributed by atoms with van der Waals surface area (Å²) in [5.41, 5.74) is 3.13. The van der Waals surface area contributed by atoms with Crippen LogP contribution in [0.2, 0.25) is 0 Å². The van der Waals surface area contributed by atoms with Gasteiger partial charge in [0, 0.05) is 18.2 Å². The van der Waals surface area contributed by atoms with Gasteiger partial charge >= 0.3 is 0 Å². The number of hydrogen-bond acceptors (Lipinski definition) is 2. The van der Waals surface area contributed by atoms with Gasteiger partial charge in [-0.25, -0.2) is 4.99 Å². The number of benzene rings is 2. The summed E-state index contributed by atoms with van der Waals surface area (Å²) in [6.45, 7) is 5.52. The van der Waals surface area contributed by atoms with E-state index in [1.807, 2.05) is 42.5 Å². The number of carbonyl (C=O) groups is 1. The SMILES string of the molecule is CCNC(=NCc1cccc(NC(=O)C2CCC2)c1)NC(C)c1ccccc1.I. The number of guanidine groups is 1. The maximum atomic E-state index is 12.2. The van der Waals surface area contributed by atoms with Gasteiger partial charge in [-0.3, -0.25) is 4.79 Å². The minimum absolute atomic E-state index is 0. The van der Waals surface area contributed by atoms with E-state index in [2.05, 4.69) is 41.9 Å².